The number of nitrogens with zero attached hydrogens (tertiary/aromatic N) is 1. The van der Waals surface area contributed by atoms with Crippen LogP contribution in [0.25, 0.3) is 0 Å². The number of hydrogen-bond acceptors (Lipinski definition) is 3. The van der Waals surface area contributed by atoms with E-state index >= 15 is 0 Å². The SMILES string of the molecule is CCCNC(CN1CCCC1C)C(N)=O. The lowest BCUT2D eigenvalue weighted by molar-refractivity contribution is -0.120. The highest BCUT2D eigenvalue weighted by Crippen LogP contribution is 2.16. The Balaban J connectivity index is 2.39. The minimum atomic E-state index is -0.234. The molecule has 0 bridgehead atoms. The summed E-state index contributed by atoms with van der Waals surface area (Å²) in [4.78, 5) is 13.6. The molecule has 1 fully saturated rings. The van der Waals surface area contributed by atoms with Crippen LogP contribution in [0, 0.1) is 0 Å². The molecule has 2 unspecified atom stereocenters. The first kappa shape index (κ1) is 12.5. The van der Waals surface area contributed by atoms with E-state index in [0.717, 1.165) is 26.1 Å². The highest BCUT2D eigenvalue weighted by Gasteiger charge is 2.25. The molecule has 4 heteroatoms. The molecule has 0 aromatic heterocycles. The van der Waals surface area contributed by atoms with Gasteiger partial charge in [-0.2, -0.15) is 0 Å². The molecule has 0 radical (unpaired) electrons. The van der Waals surface area contributed by atoms with E-state index in [1.165, 1.54) is 12.8 Å². The maximum atomic E-state index is 11.2. The molecule has 88 valence electrons. The molecule has 1 aliphatic heterocycles. The van der Waals surface area contributed by atoms with E-state index in [-0.39, 0.29) is 11.9 Å². The van der Waals surface area contributed by atoms with Gasteiger partial charge in [0.2, 0.25) is 5.91 Å². The van der Waals surface area contributed by atoms with E-state index in [2.05, 4.69) is 24.1 Å². The molecule has 1 amide bonds. The zero-order valence-corrected chi connectivity index (χ0v) is 9.83. The van der Waals surface area contributed by atoms with Crippen molar-refractivity contribution in [2.24, 2.45) is 5.73 Å². The minimum Gasteiger partial charge on any atom is -0.368 e. The van der Waals surface area contributed by atoms with Gasteiger partial charge in [-0.05, 0) is 39.3 Å². The average molecular weight is 213 g/mol. The van der Waals surface area contributed by atoms with Gasteiger partial charge in [0.05, 0.1) is 6.04 Å². The first-order valence-electron chi connectivity index (χ1n) is 5.92. The van der Waals surface area contributed by atoms with E-state index in [1.807, 2.05) is 0 Å². The topological polar surface area (TPSA) is 58.4 Å². The fourth-order valence-corrected chi connectivity index (χ4v) is 2.07. The van der Waals surface area contributed by atoms with E-state index in [4.69, 9.17) is 5.73 Å². The van der Waals surface area contributed by atoms with Crippen molar-refractivity contribution in [3.63, 3.8) is 0 Å². The van der Waals surface area contributed by atoms with Crippen LogP contribution < -0.4 is 11.1 Å². The van der Waals surface area contributed by atoms with Gasteiger partial charge < -0.3 is 11.1 Å². The maximum Gasteiger partial charge on any atom is 0.235 e. The second-order valence-electron chi connectivity index (χ2n) is 4.40. The Morgan fingerprint density at radius 2 is 2.40 bits per heavy atom. The molecule has 2 atom stereocenters. The quantitative estimate of drug-likeness (QED) is 0.668. The first-order chi connectivity index (χ1) is 7.15. The van der Waals surface area contributed by atoms with Gasteiger partial charge in [0.1, 0.15) is 0 Å². The molecule has 1 aliphatic rings. The Kier molecular flexibility index (Phi) is 5.05. The van der Waals surface area contributed by atoms with Crippen LogP contribution in [0.15, 0.2) is 0 Å². The van der Waals surface area contributed by atoms with Gasteiger partial charge in [-0.15, -0.1) is 0 Å². The fraction of sp³-hybridized carbons (Fsp3) is 0.909. The summed E-state index contributed by atoms with van der Waals surface area (Å²) in [7, 11) is 0. The van der Waals surface area contributed by atoms with E-state index < -0.39 is 0 Å². The number of carbonyl (C=O) groups is 1. The largest absolute Gasteiger partial charge is 0.368 e. The Morgan fingerprint density at radius 1 is 1.67 bits per heavy atom. The van der Waals surface area contributed by atoms with Gasteiger partial charge in [0.15, 0.2) is 0 Å². The smallest absolute Gasteiger partial charge is 0.235 e. The van der Waals surface area contributed by atoms with Crippen LogP contribution in [-0.2, 0) is 4.79 Å². The summed E-state index contributed by atoms with van der Waals surface area (Å²) in [5.41, 5.74) is 5.37. The van der Waals surface area contributed by atoms with E-state index in [0.29, 0.717) is 6.04 Å². The van der Waals surface area contributed by atoms with Crippen LogP contribution in [0.4, 0.5) is 0 Å². The average Bonchev–Trinajstić information content (AvgIpc) is 2.58. The van der Waals surface area contributed by atoms with E-state index in [1.54, 1.807) is 0 Å². The summed E-state index contributed by atoms with van der Waals surface area (Å²) < 4.78 is 0. The molecular formula is C11H23N3O. The highest BCUT2D eigenvalue weighted by atomic mass is 16.1. The Bertz CT molecular complexity index is 208. The van der Waals surface area contributed by atoms with Gasteiger partial charge in [-0.3, -0.25) is 9.69 Å². The molecule has 4 nitrogen and oxygen atoms in total. The van der Waals surface area contributed by atoms with Gasteiger partial charge in [0.25, 0.3) is 0 Å². The summed E-state index contributed by atoms with van der Waals surface area (Å²) in [6, 6.07) is 0.403. The number of likely N-dealkylation sites (tertiary alicyclic amines) is 1. The van der Waals surface area contributed by atoms with Gasteiger partial charge in [-0.1, -0.05) is 6.92 Å². The lowest BCUT2D eigenvalue weighted by Crippen LogP contribution is -2.50. The highest BCUT2D eigenvalue weighted by molar-refractivity contribution is 5.80. The fourth-order valence-electron chi connectivity index (χ4n) is 2.07. The molecule has 3 N–H and O–H groups in total. The van der Waals surface area contributed by atoms with Crippen LogP contribution >= 0.6 is 0 Å². The van der Waals surface area contributed by atoms with Crippen LogP contribution in [-0.4, -0.2) is 42.5 Å². The summed E-state index contributed by atoms with van der Waals surface area (Å²) >= 11 is 0. The lowest BCUT2D eigenvalue weighted by Gasteiger charge is -2.25. The number of hydrogen-bond donors (Lipinski definition) is 2. The minimum absolute atomic E-state index is 0.189. The first-order valence-corrected chi connectivity index (χ1v) is 5.92. The number of nitrogens with one attached hydrogen (secondary N) is 1. The van der Waals surface area contributed by atoms with Gasteiger partial charge in [-0.25, -0.2) is 0 Å². The summed E-state index contributed by atoms with van der Waals surface area (Å²) in [5, 5.41) is 3.20. The lowest BCUT2D eigenvalue weighted by atomic mass is 10.2. The van der Waals surface area contributed by atoms with Crippen molar-refractivity contribution in [1.82, 2.24) is 10.2 Å². The number of primary amides is 1. The monoisotopic (exact) mass is 213 g/mol. The van der Waals surface area contributed by atoms with Crippen molar-refractivity contribution in [1.29, 1.82) is 0 Å². The van der Waals surface area contributed by atoms with Crippen LogP contribution in [0.1, 0.15) is 33.1 Å². The zero-order chi connectivity index (χ0) is 11.3. The van der Waals surface area contributed by atoms with Crippen LogP contribution in [0.2, 0.25) is 0 Å². The molecule has 0 aliphatic carbocycles. The Morgan fingerprint density at radius 3 is 2.87 bits per heavy atom. The van der Waals surface area contributed by atoms with Crippen molar-refractivity contribution in [2.45, 2.75) is 45.2 Å². The number of rotatable bonds is 6. The van der Waals surface area contributed by atoms with Crippen molar-refractivity contribution >= 4 is 5.91 Å². The summed E-state index contributed by atoms with van der Waals surface area (Å²) in [6.45, 7) is 7.01. The van der Waals surface area contributed by atoms with Crippen molar-refractivity contribution in [2.75, 3.05) is 19.6 Å². The molecule has 0 aromatic carbocycles. The van der Waals surface area contributed by atoms with Gasteiger partial charge >= 0.3 is 0 Å². The number of carbonyl (C=O) groups excluding carboxylic acids is 1. The number of amides is 1. The molecule has 0 saturated carbocycles. The third-order valence-electron chi connectivity index (χ3n) is 3.09. The molecule has 1 rings (SSSR count). The normalized spacial score (nSPS) is 24.3. The van der Waals surface area contributed by atoms with Crippen LogP contribution in [0.5, 0.6) is 0 Å². The molecule has 1 saturated heterocycles. The van der Waals surface area contributed by atoms with Crippen molar-refractivity contribution < 1.29 is 4.79 Å². The second-order valence-corrected chi connectivity index (χ2v) is 4.40. The molecule has 15 heavy (non-hydrogen) atoms. The van der Waals surface area contributed by atoms with Gasteiger partial charge in [0, 0.05) is 12.6 Å². The zero-order valence-electron chi connectivity index (χ0n) is 9.83. The standard InChI is InChI=1S/C11H23N3O/c1-3-6-13-10(11(12)15)8-14-7-4-5-9(14)2/h9-10,13H,3-8H2,1-2H3,(H2,12,15). The second kappa shape index (κ2) is 6.08. The van der Waals surface area contributed by atoms with E-state index in [9.17, 15) is 4.79 Å². The third kappa shape index (κ3) is 3.80. The predicted octanol–water partition coefficient (Wildman–Crippen LogP) is 0.324. The molecule has 1 heterocycles. The van der Waals surface area contributed by atoms with Crippen LogP contribution in [0.3, 0.4) is 0 Å². The summed E-state index contributed by atoms with van der Waals surface area (Å²) in [5.74, 6) is -0.234. The Labute approximate surface area is 92.2 Å². The van der Waals surface area contributed by atoms with Crippen molar-refractivity contribution in [3.05, 3.63) is 0 Å². The maximum absolute atomic E-state index is 11.2. The summed E-state index contributed by atoms with van der Waals surface area (Å²) in [6.07, 6.45) is 3.50. The Hall–Kier alpha value is -0.610. The molecule has 0 aromatic rings. The molecular weight excluding hydrogens is 190 g/mol. The van der Waals surface area contributed by atoms with Crippen molar-refractivity contribution in [3.8, 4) is 0 Å². The predicted molar refractivity (Wildman–Crippen MR) is 61.5 cm³/mol. The number of nitrogens with two attached hydrogens (primary N) is 1. The third-order valence-corrected chi connectivity index (χ3v) is 3.09. The molecule has 0 spiro atoms.